The van der Waals surface area contributed by atoms with Gasteiger partial charge in [0.2, 0.25) is 5.91 Å². The molecule has 0 aromatic heterocycles. The van der Waals surface area contributed by atoms with Gasteiger partial charge in [-0.3, -0.25) is 15.0 Å². The Morgan fingerprint density at radius 1 is 1.25 bits per heavy atom. The molecule has 1 rings (SSSR count). The van der Waals surface area contributed by atoms with Crippen LogP contribution in [0.2, 0.25) is 0 Å². The number of amides is 3. The highest BCUT2D eigenvalue weighted by Crippen LogP contribution is 2.18. The minimum Gasteiger partial charge on any atom is -0.338 e. The van der Waals surface area contributed by atoms with Gasteiger partial charge in [0.1, 0.15) is 0 Å². The second-order valence-electron chi connectivity index (χ2n) is 5.32. The number of piperidine rings is 1. The number of urea groups is 1. The van der Waals surface area contributed by atoms with E-state index >= 15 is 0 Å². The van der Waals surface area contributed by atoms with Gasteiger partial charge in [0.15, 0.2) is 0 Å². The lowest BCUT2D eigenvalue weighted by Gasteiger charge is -2.35. The number of rotatable bonds is 7. The highest BCUT2D eigenvalue weighted by Gasteiger charge is 2.24. The summed E-state index contributed by atoms with van der Waals surface area (Å²) >= 11 is 0. The first-order chi connectivity index (χ1) is 9.67. The van der Waals surface area contributed by atoms with E-state index in [1.165, 1.54) is 6.42 Å². The Morgan fingerprint density at radius 2 is 2.05 bits per heavy atom. The van der Waals surface area contributed by atoms with Crippen LogP contribution in [0.4, 0.5) is 4.79 Å². The molecule has 1 unspecified atom stereocenters. The van der Waals surface area contributed by atoms with Gasteiger partial charge in [-0.2, -0.15) is 0 Å². The van der Waals surface area contributed by atoms with Gasteiger partial charge in [-0.15, -0.1) is 0 Å². The zero-order valence-electron chi connectivity index (χ0n) is 12.7. The summed E-state index contributed by atoms with van der Waals surface area (Å²) in [7, 11) is 1.94. The third kappa shape index (κ3) is 6.34. The van der Waals surface area contributed by atoms with Crippen LogP contribution in [0.1, 0.15) is 39.0 Å². The van der Waals surface area contributed by atoms with Crippen LogP contribution in [0, 0.1) is 0 Å². The average Bonchev–Trinajstić information content (AvgIpc) is 2.44. The number of hydrogen-bond acceptors (Lipinski definition) is 4. The van der Waals surface area contributed by atoms with Gasteiger partial charge in [0.05, 0.1) is 6.54 Å². The number of hydrogen-bond donors (Lipinski definition) is 3. The summed E-state index contributed by atoms with van der Waals surface area (Å²) in [6.45, 7) is 4.78. The molecule has 1 saturated heterocycles. The summed E-state index contributed by atoms with van der Waals surface area (Å²) < 4.78 is 0. The second kappa shape index (κ2) is 9.72. The van der Waals surface area contributed by atoms with E-state index in [1.807, 2.05) is 14.0 Å². The van der Waals surface area contributed by atoms with E-state index in [9.17, 15) is 9.59 Å². The van der Waals surface area contributed by atoms with E-state index in [4.69, 9.17) is 0 Å². The first-order valence-electron chi connectivity index (χ1n) is 7.63. The van der Waals surface area contributed by atoms with Crippen LogP contribution in [0.15, 0.2) is 0 Å². The molecule has 1 aliphatic heterocycles. The average molecular weight is 284 g/mol. The van der Waals surface area contributed by atoms with Crippen molar-refractivity contribution in [2.45, 2.75) is 45.1 Å². The van der Waals surface area contributed by atoms with E-state index < -0.39 is 0 Å². The topological polar surface area (TPSA) is 73.5 Å². The lowest BCUT2D eigenvalue weighted by atomic mass is 9.99. The fourth-order valence-corrected chi connectivity index (χ4v) is 2.54. The molecule has 0 spiro atoms. The van der Waals surface area contributed by atoms with Gasteiger partial charge in [-0.05, 0) is 45.8 Å². The Kier molecular flexibility index (Phi) is 8.22. The molecule has 0 aromatic rings. The normalized spacial score (nSPS) is 19.6. The molecule has 0 bridgehead atoms. The minimum absolute atomic E-state index is 0.213. The predicted octanol–water partition coefficient (Wildman–Crippen LogP) is 0.686. The maximum atomic E-state index is 11.9. The summed E-state index contributed by atoms with van der Waals surface area (Å²) in [6.07, 6.45) is 5.40. The molecule has 0 saturated carbocycles. The molecule has 20 heavy (non-hydrogen) atoms. The van der Waals surface area contributed by atoms with Crippen molar-refractivity contribution in [1.29, 1.82) is 0 Å². The lowest BCUT2D eigenvalue weighted by Crippen LogP contribution is -2.49. The monoisotopic (exact) mass is 284 g/mol. The fraction of sp³-hybridized carbons (Fsp3) is 0.857. The Labute approximate surface area is 121 Å². The summed E-state index contributed by atoms with van der Waals surface area (Å²) in [5, 5.41) is 8.19. The largest absolute Gasteiger partial charge is 0.338 e. The number of carbonyl (C=O) groups excluding carboxylic acids is 2. The summed E-state index contributed by atoms with van der Waals surface area (Å²) in [4.78, 5) is 25.5. The summed E-state index contributed by atoms with van der Waals surface area (Å²) in [5.74, 6) is -0.213. The quantitative estimate of drug-likeness (QED) is 0.643. The zero-order chi connectivity index (χ0) is 14.8. The van der Waals surface area contributed by atoms with Crippen LogP contribution >= 0.6 is 0 Å². The molecular formula is C14H28N4O2. The highest BCUT2D eigenvalue weighted by molar-refractivity contribution is 5.95. The molecule has 0 radical (unpaired) electrons. The van der Waals surface area contributed by atoms with Gasteiger partial charge in [-0.1, -0.05) is 13.3 Å². The van der Waals surface area contributed by atoms with Crippen molar-refractivity contribution in [2.75, 3.05) is 33.2 Å². The number of imide groups is 1. The highest BCUT2D eigenvalue weighted by atomic mass is 16.2. The predicted molar refractivity (Wildman–Crippen MR) is 79.6 cm³/mol. The SMILES string of the molecule is CCCNC(=O)NC(=O)CN1CCCCC1CCNC. The van der Waals surface area contributed by atoms with Gasteiger partial charge in [-0.25, -0.2) is 4.79 Å². The second-order valence-corrected chi connectivity index (χ2v) is 5.32. The molecule has 116 valence electrons. The van der Waals surface area contributed by atoms with Gasteiger partial charge in [0, 0.05) is 12.6 Å². The van der Waals surface area contributed by atoms with Crippen molar-refractivity contribution in [3.05, 3.63) is 0 Å². The van der Waals surface area contributed by atoms with Crippen molar-refractivity contribution < 1.29 is 9.59 Å². The van der Waals surface area contributed by atoms with Crippen molar-refractivity contribution in [2.24, 2.45) is 0 Å². The van der Waals surface area contributed by atoms with E-state index in [1.54, 1.807) is 0 Å². The Bertz CT molecular complexity index is 310. The summed E-state index contributed by atoms with van der Waals surface area (Å²) in [5.41, 5.74) is 0. The standard InChI is InChI=1S/C14H28N4O2/c1-3-8-16-14(20)17-13(19)11-18-10-5-4-6-12(18)7-9-15-2/h12,15H,3-11H2,1-2H3,(H2,16,17,19,20). The Morgan fingerprint density at radius 3 is 2.75 bits per heavy atom. The molecular weight excluding hydrogens is 256 g/mol. The maximum absolute atomic E-state index is 11.9. The van der Waals surface area contributed by atoms with Crippen LogP contribution in [-0.4, -0.2) is 56.1 Å². The Balaban J connectivity index is 2.35. The Hall–Kier alpha value is -1.14. The third-order valence-corrected chi connectivity index (χ3v) is 3.61. The molecule has 1 fully saturated rings. The van der Waals surface area contributed by atoms with E-state index in [2.05, 4.69) is 20.9 Å². The minimum atomic E-state index is -0.388. The van der Waals surface area contributed by atoms with Gasteiger partial charge in [0.25, 0.3) is 0 Å². The first-order valence-corrected chi connectivity index (χ1v) is 7.63. The molecule has 0 aliphatic carbocycles. The van der Waals surface area contributed by atoms with Crippen LogP contribution < -0.4 is 16.0 Å². The van der Waals surface area contributed by atoms with Crippen molar-refractivity contribution >= 4 is 11.9 Å². The molecule has 1 heterocycles. The number of nitrogens with zero attached hydrogens (tertiary/aromatic N) is 1. The molecule has 1 aliphatic rings. The van der Waals surface area contributed by atoms with E-state index in [0.29, 0.717) is 19.1 Å². The maximum Gasteiger partial charge on any atom is 0.321 e. The third-order valence-electron chi connectivity index (χ3n) is 3.61. The smallest absolute Gasteiger partial charge is 0.321 e. The summed E-state index contributed by atoms with van der Waals surface area (Å²) in [6, 6.07) is 0.0567. The van der Waals surface area contributed by atoms with Crippen LogP contribution in [0.5, 0.6) is 0 Å². The number of nitrogens with one attached hydrogen (secondary N) is 3. The van der Waals surface area contributed by atoms with Gasteiger partial charge >= 0.3 is 6.03 Å². The van der Waals surface area contributed by atoms with Crippen molar-refractivity contribution in [1.82, 2.24) is 20.9 Å². The van der Waals surface area contributed by atoms with Crippen LogP contribution in [-0.2, 0) is 4.79 Å². The zero-order valence-corrected chi connectivity index (χ0v) is 12.7. The number of carbonyl (C=O) groups is 2. The fourth-order valence-electron chi connectivity index (χ4n) is 2.54. The molecule has 3 amide bonds. The van der Waals surface area contributed by atoms with Crippen LogP contribution in [0.25, 0.3) is 0 Å². The molecule has 1 atom stereocenters. The first kappa shape index (κ1) is 16.9. The lowest BCUT2D eigenvalue weighted by molar-refractivity contribution is -0.122. The van der Waals surface area contributed by atoms with E-state index in [-0.39, 0.29) is 11.9 Å². The number of likely N-dealkylation sites (tertiary alicyclic amines) is 1. The molecule has 0 aromatic carbocycles. The van der Waals surface area contributed by atoms with Crippen molar-refractivity contribution in [3.8, 4) is 0 Å². The van der Waals surface area contributed by atoms with Crippen molar-refractivity contribution in [3.63, 3.8) is 0 Å². The van der Waals surface area contributed by atoms with E-state index in [0.717, 1.165) is 38.8 Å². The molecule has 6 nitrogen and oxygen atoms in total. The van der Waals surface area contributed by atoms with Gasteiger partial charge < -0.3 is 10.6 Å². The molecule has 3 N–H and O–H groups in total. The molecule has 6 heteroatoms. The van der Waals surface area contributed by atoms with Crippen LogP contribution in [0.3, 0.4) is 0 Å².